The number of hydrogen-bond acceptors (Lipinski definition) is 3. The number of carbonyl (C=O) groups excluding carboxylic acids is 1. The van der Waals surface area contributed by atoms with E-state index in [4.69, 9.17) is 16.1 Å². The number of rotatable bonds is 7. The summed E-state index contributed by atoms with van der Waals surface area (Å²) in [7, 11) is 0. The fourth-order valence-electron chi connectivity index (χ4n) is 2.72. The van der Waals surface area contributed by atoms with Crippen molar-refractivity contribution in [3.63, 3.8) is 0 Å². The summed E-state index contributed by atoms with van der Waals surface area (Å²) in [6.07, 6.45) is 4.97. The molecule has 1 aromatic carbocycles. The molecule has 1 fully saturated rings. The molecule has 5 heteroatoms. The number of aromatic nitrogens is 1. The van der Waals surface area contributed by atoms with Gasteiger partial charge >= 0.3 is 0 Å². The molecular formula is C18H21ClN2O2. The summed E-state index contributed by atoms with van der Waals surface area (Å²) in [6, 6.07) is 9.27. The minimum atomic E-state index is -0.486. The zero-order chi connectivity index (χ0) is 16.3. The van der Waals surface area contributed by atoms with E-state index in [0.717, 1.165) is 49.9 Å². The van der Waals surface area contributed by atoms with Crippen molar-refractivity contribution in [2.75, 3.05) is 6.54 Å². The summed E-state index contributed by atoms with van der Waals surface area (Å²) in [6.45, 7) is 2.88. The lowest BCUT2D eigenvalue weighted by molar-refractivity contribution is -0.123. The van der Waals surface area contributed by atoms with Gasteiger partial charge in [-0.05, 0) is 43.5 Å². The summed E-state index contributed by atoms with van der Waals surface area (Å²) in [5.74, 6) is 0.742. The third-order valence-corrected chi connectivity index (χ3v) is 4.63. The number of amides is 1. The van der Waals surface area contributed by atoms with Gasteiger partial charge in [0.2, 0.25) is 5.91 Å². The standard InChI is InChI=1S/C18H21ClN2O2/c1-2-3-4-11-20-17(22)18(9-10-18)16-12-15(23-21-16)13-5-7-14(19)8-6-13/h5-8,12H,2-4,9-11H2,1H3,(H,20,22). The fourth-order valence-corrected chi connectivity index (χ4v) is 2.85. The van der Waals surface area contributed by atoms with Crippen molar-refractivity contribution < 1.29 is 9.32 Å². The number of halogens is 1. The van der Waals surface area contributed by atoms with Gasteiger partial charge in [-0.25, -0.2) is 0 Å². The van der Waals surface area contributed by atoms with Crippen LogP contribution in [-0.4, -0.2) is 17.6 Å². The van der Waals surface area contributed by atoms with E-state index in [2.05, 4.69) is 17.4 Å². The van der Waals surface area contributed by atoms with Gasteiger partial charge in [-0.2, -0.15) is 0 Å². The molecule has 0 atom stereocenters. The summed E-state index contributed by atoms with van der Waals surface area (Å²) < 4.78 is 5.44. The predicted molar refractivity (Wildman–Crippen MR) is 90.4 cm³/mol. The van der Waals surface area contributed by atoms with Crippen LogP contribution in [0.15, 0.2) is 34.9 Å². The second kappa shape index (κ2) is 6.75. The maximum absolute atomic E-state index is 12.5. The number of benzene rings is 1. The first-order chi connectivity index (χ1) is 11.2. The van der Waals surface area contributed by atoms with Gasteiger partial charge in [-0.1, -0.05) is 36.5 Å². The van der Waals surface area contributed by atoms with E-state index in [1.54, 1.807) is 0 Å². The van der Waals surface area contributed by atoms with E-state index in [-0.39, 0.29) is 5.91 Å². The van der Waals surface area contributed by atoms with E-state index in [1.807, 2.05) is 30.3 Å². The molecule has 0 bridgehead atoms. The molecule has 0 saturated heterocycles. The van der Waals surface area contributed by atoms with Crippen LogP contribution >= 0.6 is 11.6 Å². The molecule has 0 radical (unpaired) electrons. The smallest absolute Gasteiger partial charge is 0.232 e. The Bertz CT molecular complexity index is 675. The van der Waals surface area contributed by atoms with Crippen LogP contribution in [0.5, 0.6) is 0 Å². The van der Waals surface area contributed by atoms with E-state index >= 15 is 0 Å². The van der Waals surface area contributed by atoms with Gasteiger partial charge < -0.3 is 9.84 Å². The first-order valence-electron chi connectivity index (χ1n) is 8.17. The molecule has 1 N–H and O–H groups in total. The lowest BCUT2D eigenvalue weighted by atomic mass is 10.00. The third kappa shape index (κ3) is 3.42. The molecule has 1 aliphatic carbocycles. The van der Waals surface area contributed by atoms with Gasteiger partial charge in [-0.15, -0.1) is 0 Å². The van der Waals surface area contributed by atoms with Crippen molar-refractivity contribution in [2.45, 2.75) is 44.4 Å². The van der Waals surface area contributed by atoms with Crippen LogP contribution in [0.2, 0.25) is 5.02 Å². The summed E-state index contributed by atoms with van der Waals surface area (Å²) >= 11 is 5.90. The number of hydrogen-bond donors (Lipinski definition) is 1. The maximum atomic E-state index is 12.5. The van der Waals surface area contributed by atoms with Gasteiger partial charge in [0, 0.05) is 23.2 Å². The molecule has 1 amide bonds. The average Bonchev–Trinajstić information content (AvgIpc) is 3.23. The molecule has 1 aliphatic rings. The maximum Gasteiger partial charge on any atom is 0.232 e. The van der Waals surface area contributed by atoms with Crippen LogP contribution in [0.4, 0.5) is 0 Å². The minimum absolute atomic E-state index is 0.0737. The summed E-state index contributed by atoms with van der Waals surface area (Å²) in [4.78, 5) is 12.5. The number of unbranched alkanes of at least 4 members (excludes halogenated alkanes) is 2. The van der Waals surface area contributed by atoms with E-state index < -0.39 is 5.41 Å². The molecule has 1 heterocycles. The molecule has 0 aliphatic heterocycles. The Morgan fingerprint density at radius 1 is 1.30 bits per heavy atom. The lowest BCUT2D eigenvalue weighted by Gasteiger charge is -2.12. The van der Waals surface area contributed by atoms with E-state index in [1.165, 1.54) is 0 Å². The lowest BCUT2D eigenvalue weighted by Crippen LogP contribution is -2.35. The zero-order valence-electron chi connectivity index (χ0n) is 13.3. The van der Waals surface area contributed by atoms with Crippen LogP contribution in [0.1, 0.15) is 44.7 Å². The average molecular weight is 333 g/mol. The Balaban J connectivity index is 1.69. The Hall–Kier alpha value is -1.81. The monoisotopic (exact) mass is 332 g/mol. The molecule has 4 nitrogen and oxygen atoms in total. The topological polar surface area (TPSA) is 55.1 Å². The number of nitrogens with zero attached hydrogens (tertiary/aromatic N) is 1. The van der Waals surface area contributed by atoms with Crippen molar-refractivity contribution in [2.24, 2.45) is 0 Å². The largest absolute Gasteiger partial charge is 0.356 e. The second-order valence-corrected chi connectivity index (χ2v) is 6.56. The quantitative estimate of drug-likeness (QED) is 0.768. The summed E-state index contributed by atoms with van der Waals surface area (Å²) in [5.41, 5.74) is 1.16. The molecule has 0 spiro atoms. The van der Waals surface area contributed by atoms with Gasteiger partial charge in [0.25, 0.3) is 0 Å². The highest BCUT2D eigenvalue weighted by Gasteiger charge is 2.53. The minimum Gasteiger partial charge on any atom is -0.356 e. The van der Waals surface area contributed by atoms with Crippen molar-refractivity contribution >= 4 is 17.5 Å². The number of nitrogens with one attached hydrogen (secondary N) is 1. The molecule has 1 saturated carbocycles. The van der Waals surface area contributed by atoms with Crippen LogP contribution in [0, 0.1) is 0 Å². The second-order valence-electron chi connectivity index (χ2n) is 6.13. The van der Waals surface area contributed by atoms with Crippen LogP contribution in [0.3, 0.4) is 0 Å². The fraction of sp³-hybridized carbons (Fsp3) is 0.444. The normalized spacial score (nSPS) is 15.4. The SMILES string of the molecule is CCCCCNC(=O)C1(c2cc(-c3ccc(Cl)cc3)on2)CC1. The van der Waals surface area contributed by atoms with Crippen molar-refractivity contribution in [3.8, 4) is 11.3 Å². The van der Waals surface area contributed by atoms with Gasteiger partial charge in [0.05, 0.1) is 11.1 Å². The Labute approximate surface area is 141 Å². The molecule has 3 rings (SSSR count). The molecule has 0 unspecified atom stereocenters. The Kier molecular flexibility index (Phi) is 4.71. The highest BCUT2D eigenvalue weighted by Crippen LogP contribution is 2.48. The third-order valence-electron chi connectivity index (χ3n) is 4.38. The van der Waals surface area contributed by atoms with Gasteiger partial charge in [0.15, 0.2) is 5.76 Å². The highest BCUT2D eigenvalue weighted by atomic mass is 35.5. The molecule has 1 aromatic heterocycles. The van der Waals surface area contributed by atoms with Gasteiger partial charge in [-0.3, -0.25) is 4.79 Å². The zero-order valence-corrected chi connectivity index (χ0v) is 14.0. The summed E-state index contributed by atoms with van der Waals surface area (Å²) in [5, 5.41) is 7.86. The van der Waals surface area contributed by atoms with Crippen molar-refractivity contribution in [1.29, 1.82) is 0 Å². The van der Waals surface area contributed by atoms with E-state index in [9.17, 15) is 4.79 Å². The van der Waals surface area contributed by atoms with Crippen LogP contribution in [0.25, 0.3) is 11.3 Å². The molecule has 122 valence electrons. The molecule has 2 aromatic rings. The Morgan fingerprint density at radius 2 is 2.04 bits per heavy atom. The highest BCUT2D eigenvalue weighted by molar-refractivity contribution is 6.30. The predicted octanol–water partition coefficient (Wildman–Crippen LogP) is 4.33. The first-order valence-corrected chi connectivity index (χ1v) is 8.55. The molecular weight excluding hydrogens is 312 g/mol. The number of carbonyl (C=O) groups is 1. The van der Waals surface area contributed by atoms with Crippen LogP contribution < -0.4 is 5.32 Å². The van der Waals surface area contributed by atoms with Gasteiger partial charge in [0.1, 0.15) is 0 Å². The van der Waals surface area contributed by atoms with Crippen molar-refractivity contribution in [3.05, 3.63) is 41.0 Å². The molecule has 23 heavy (non-hydrogen) atoms. The Morgan fingerprint density at radius 3 is 2.70 bits per heavy atom. The van der Waals surface area contributed by atoms with E-state index in [0.29, 0.717) is 10.8 Å². The first kappa shape index (κ1) is 16.1. The van der Waals surface area contributed by atoms with Crippen molar-refractivity contribution in [1.82, 2.24) is 10.5 Å². The van der Waals surface area contributed by atoms with Crippen LogP contribution in [-0.2, 0) is 10.2 Å².